The number of benzene rings is 3. The van der Waals surface area contributed by atoms with E-state index < -0.39 is 4.92 Å². The van der Waals surface area contributed by atoms with E-state index in [1.807, 2.05) is 42.5 Å². The topological polar surface area (TPSA) is 55.2 Å². The van der Waals surface area contributed by atoms with Crippen molar-refractivity contribution in [3.05, 3.63) is 75.8 Å². The summed E-state index contributed by atoms with van der Waals surface area (Å²) >= 11 is 5.81. The molecular formula is C16H11ClN2O2. The summed E-state index contributed by atoms with van der Waals surface area (Å²) in [6, 6.07) is 18.3. The second-order valence-electron chi connectivity index (χ2n) is 4.61. The molecule has 0 aliphatic rings. The van der Waals surface area contributed by atoms with Gasteiger partial charge in [0.25, 0.3) is 5.69 Å². The van der Waals surface area contributed by atoms with Crippen LogP contribution >= 0.6 is 11.6 Å². The molecule has 0 aromatic heterocycles. The lowest BCUT2D eigenvalue weighted by molar-refractivity contribution is -0.383. The first-order valence-corrected chi connectivity index (χ1v) is 6.71. The third kappa shape index (κ3) is 2.80. The molecule has 0 aliphatic heterocycles. The Morgan fingerprint density at radius 1 is 0.952 bits per heavy atom. The Morgan fingerprint density at radius 2 is 1.71 bits per heavy atom. The molecule has 3 aromatic rings. The van der Waals surface area contributed by atoms with Gasteiger partial charge in [0.05, 0.1) is 4.92 Å². The molecule has 0 bridgehead atoms. The summed E-state index contributed by atoms with van der Waals surface area (Å²) in [6.07, 6.45) is 0. The minimum absolute atomic E-state index is 0.0457. The number of fused-ring (bicyclic) bond motifs is 1. The Balaban J connectivity index is 2.00. The first kappa shape index (κ1) is 13.4. The van der Waals surface area contributed by atoms with E-state index in [0.29, 0.717) is 10.7 Å². The Labute approximate surface area is 126 Å². The molecule has 0 unspecified atom stereocenters. The van der Waals surface area contributed by atoms with Gasteiger partial charge in [-0.2, -0.15) is 0 Å². The monoisotopic (exact) mass is 298 g/mol. The molecule has 3 aromatic carbocycles. The van der Waals surface area contributed by atoms with Gasteiger partial charge in [0.1, 0.15) is 5.69 Å². The minimum Gasteiger partial charge on any atom is -0.350 e. The molecule has 0 spiro atoms. The summed E-state index contributed by atoms with van der Waals surface area (Å²) in [6.45, 7) is 0. The van der Waals surface area contributed by atoms with Crippen LogP contribution in [0.5, 0.6) is 0 Å². The molecule has 1 N–H and O–H groups in total. The average molecular weight is 299 g/mol. The first-order chi connectivity index (χ1) is 10.1. The predicted octanol–water partition coefficient (Wildman–Crippen LogP) is 5.15. The largest absolute Gasteiger partial charge is 0.350 e. The van der Waals surface area contributed by atoms with Gasteiger partial charge in [-0.25, -0.2) is 0 Å². The molecule has 4 nitrogen and oxygen atoms in total. The van der Waals surface area contributed by atoms with E-state index in [1.165, 1.54) is 6.07 Å². The van der Waals surface area contributed by atoms with Gasteiger partial charge in [-0.05, 0) is 35.0 Å². The molecule has 104 valence electrons. The molecule has 0 atom stereocenters. The van der Waals surface area contributed by atoms with Crippen LogP contribution in [0.2, 0.25) is 5.02 Å². The van der Waals surface area contributed by atoms with Crippen molar-refractivity contribution in [2.45, 2.75) is 0 Å². The average Bonchev–Trinajstić information content (AvgIpc) is 2.49. The standard InChI is InChI=1S/C16H11ClN2O2/c17-13-6-8-15(16(10-13)19(20)21)18-14-7-5-11-3-1-2-4-12(11)9-14/h1-10,18H. The number of nitro groups is 1. The smallest absolute Gasteiger partial charge is 0.294 e. The lowest BCUT2D eigenvalue weighted by Crippen LogP contribution is -1.97. The maximum atomic E-state index is 11.1. The van der Waals surface area contributed by atoms with Crippen LogP contribution in [0.1, 0.15) is 0 Å². The van der Waals surface area contributed by atoms with E-state index in [9.17, 15) is 10.1 Å². The van der Waals surface area contributed by atoms with Gasteiger partial charge < -0.3 is 5.32 Å². The number of nitrogens with zero attached hydrogens (tertiary/aromatic N) is 1. The predicted molar refractivity (Wildman–Crippen MR) is 85.3 cm³/mol. The van der Waals surface area contributed by atoms with Gasteiger partial charge in [0.2, 0.25) is 0 Å². The Bertz CT molecular complexity index is 833. The van der Waals surface area contributed by atoms with Crippen molar-refractivity contribution in [1.82, 2.24) is 0 Å². The van der Waals surface area contributed by atoms with Crippen molar-refractivity contribution in [3.8, 4) is 0 Å². The molecule has 0 radical (unpaired) electrons. The van der Waals surface area contributed by atoms with Gasteiger partial charge >= 0.3 is 0 Å². The summed E-state index contributed by atoms with van der Waals surface area (Å²) in [5.41, 5.74) is 1.16. The fraction of sp³-hybridized carbons (Fsp3) is 0. The highest BCUT2D eigenvalue weighted by Gasteiger charge is 2.14. The molecule has 21 heavy (non-hydrogen) atoms. The van der Waals surface area contributed by atoms with Crippen molar-refractivity contribution in [3.63, 3.8) is 0 Å². The van der Waals surface area contributed by atoms with E-state index in [-0.39, 0.29) is 5.69 Å². The van der Waals surface area contributed by atoms with Gasteiger partial charge in [0, 0.05) is 16.8 Å². The zero-order valence-electron chi connectivity index (χ0n) is 10.9. The van der Waals surface area contributed by atoms with Gasteiger partial charge in [-0.15, -0.1) is 0 Å². The highest BCUT2D eigenvalue weighted by Crippen LogP contribution is 2.31. The van der Waals surface area contributed by atoms with Crippen LogP contribution in [0.4, 0.5) is 17.1 Å². The van der Waals surface area contributed by atoms with E-state index in [1.54, 1.807) is 12.1 Å². The van der Waals surface area contributed by atoms with Crippen molar-refractivity contribution < 1.29 is 4.92 Å². The van der Waals surface area contributed by atoms with E-state index in [2.05, 4.69) is 5.32 Å². The summed E-state index contributed by atoms with van der Waals surface area (Å²) in [5, 5.41) is 16.7. The van der Waals surface area contributed by atoms with Crippen LogP contribution in [-0.2, 0) is 0 Å². The Kier molecular flexibility index (Phi) is 3.46. The maximum Gasteiger partial charge on any atom is 0.294 e. The van der Waals surface area contributed by atoms with E-state index in [0.717, 1.165) is 16.5 Å². The number of hydrogen-bond acceptors (Lipinski definition) is 3. The maximum absolute atomic E-state index is 11.1. The van der Waals surface area contributed by atoms with Gasteiger partial charge in [0.15, 0.2) is 0 Å². The van der Waals surface area contributed by atoms with Gasteiger partial charge in [-0.1, -0.05) is 41.9 Å². The molecule has 0 heterocycles. The summed E-state index contributed by atoms with van der Waals surface area (Å²) < 4.78 is 0. The van der Waals surface area contributed by atoms with Crippen molar-refractivity contribution in [2.24, 2.45) is 0 Å². The number of rotatable bonds is 3. The lowest BCUT2D eigenvalue weighted by Gasteiger charge is -2.08. The SMILES string of the molecule is O=[N+]([O-])c1cc(Cl)ccc1Nc1ccc2ccccc2c1. The molecule has 3 rings (SSSR count). The summed E-state index contributed by atoms with van der Waals surface area (Å²) in [5.74, 6) is 0. The quantitative estimate of drug-likeness (QED) is 0.537. The number of anilines is 2. The zero-order chi connectivity index (χ0) is 14.8. The number of nitro benzene ring substituents is 1. The minimum atomic E-state index is -0.449. The van der Waals surface area contributed by atoms with Crippen molar-refractivity contribution in [1.29, 1.82) is 0 Å². The van der Waals surface area contributed by atoms with Crippen molar-refractivity contribution in [2.75, 3.05) is 5.32 Å². The highest BCUT2D eigenvalue weighted by molar-refractivity contribution is 6.30. The fourth-order valence-corrected chi connectivity index (χ4v) is 2.35. The summed E-state index contributed by atoms with van der Waals surface area (Å²) in [7, 11) is 0. The second-order valence-corrected chi connectivity index (χ2v) is 5.04. The van der Waals surface area contributed by atoms with E-state index >= 15 is 0 Å². The molecule has 0 aliphatic carbocycles. The number of halogens is 1. The Hall–Kier alpha value is -2.59. The molecule has 0 fully saturated rings. The van der Waals surface area contributed by atoms with E-state index in [4.69, 9.17) is 11.6 Å². The highest BCUT2D eigenvalue weighted by atomic mass is 35.5. The molecule has 0 saturated carbocycles. The molecule has 0 amide bonds. The van der Waals surface area contributed by atoms with Crippen LogP contribution in [0.3, 0.4) is 0 Å². The fourth-order valence-electron chi connectivity index (χ4n) is 2.18. The van der Waals surface area contributed by atoms with Crippen LogP contribution < -0.4 is 5.32 Å². The normalized spacial score (nSPS) is 10.5. The van der Waals surface area contributed by atoms with Crippen LogP contribution in [0.15, 0.2) is 60.7 Å². The van der Waals surface area contributed by atoms with Crippen LogP contribution in [0.25, 0.3) is 10.8 Å². The van der Waals surface area contributed by atoms with Crippen LogP contribution in [-0.4, -0.2) is 4.92 Å². The number of hydrogen-bond donors (Lipinski definition) is 1. The van der Waals surface area contributed by atoms with Gasteiger partial charge in [-0.3, -0.25) is 10.1 Å². The second kappa shape index (κ2) is 5.42. The molecular weight excluding hydrogens is 288 g/mol. The third-order valence-electron chi connectivity index (χ3n) is 3.18. The third-order valence-corrected chi connectivity index (χ3v) is 3.42. The zero-order valence-corrected chi connectivity index (χ0v) is 11.7. The lowest BCUT2D eigenvalue weighted by atomic mass is 10.1. The summed E-state index contributed by atoms with van der Waals surface area (Å²) in [4.78, 5) is 10.6. The molecule has 5 heteroatoms. The first-order valence-electron chi connectivity index (χ1n) is 6.33. The molecule has 0 saturated heterocycles. The van der Waals surface area contributed by atoms with Crippen molar-refractivity contribution >= 4 is 39.4 Å². The Morgan fingerprint density at radius 3 is 2.48 bits per heavy atom. The van der Waals surface area contributed by atoms with Crippen LogP contribution in [0, 0.1) is 10.1 Å². The number of nitrogens with one attached hydrogen (secondary N) is 1.